The maximum atomic E-state index is 2.35. The first-order valence-corrected chi connectivity index (χ1v) is 19.8. The summed E-state index contributed by atoms with van der Waals surface area (Å²) in [4.78, 5) is 0. The van der Waals surface area contributed by atoms with Gasteiger partial charge in [-0.05, 0) is 121 Å². The predicted octanol–water partition coefficient (Wildman–Crippen LogP) is 16.3. The summed E-state index contributed by atoms with van der Waals surface area (Å²) in [6, 6.07) is 76.1. The lowest BCUT2D eigenvalue weighted by Gasteiger charge is -2.19. The summed E-state index contributed by atoms with van der Waals surface area (Å²) >= 11 is 0. The van der Waals surface area contributed by atoms with Crippen molar-refractivity contribution in [3.63, 3.8) is 0 Å². The van der Waals surface area contributed by atoms with Crippen molar-refractivity contribution >= 4 is 64.6 Å². The first-order valence-electron chi connectivity index (χ1n) is 19.8. The molecule has 11 aromatic carbocycles. The van der Waals surface area contributed by atoms with E-state index in [9.17, 15) is 0 Å². The maximum absolute atomic E-state index is 2.35. The van der Waals surface area contributed by atoms with E-state index in [1.807, 2.05) is 13.8 Å². The fourth-order valence-corrected chi connectivity index (χ4v) is 8.99. The number of fused-ring (bicyclic) bond motifs is 6. The molecule has 0 saturated heterocycles. The summed E-state index contributed by atoms with van der Waals surface area (Å²) in [7, 11) is 0. The number of benzene rings is 11. The third kappa shape index (κ3) is 5.45. The molecule has 0 heterocycles. The van der Waals surface area contributed by atoms with Gasteiger partial charge in [0.2, 0.25) is 0 Å². The van der Waals surface area contributed by atoms with Gasteiger partial charge in [-0.1, -0.05) is 208 Å². The van der Waals surface area contributed by atoms with Crippen molar-refractivity contribution in [1.82, 2.24) is 0 Å². The van der Waals surface area contributed by atoms with E-state index in [-0.39, 0.29) is 0 Å². The van der Waals surface area contributed by atoms with Crippen molar-refractivity contribution in [2.75, 3.05) is 0 Å². The van der Waals surface area contributed by atoms with Crippen LogP contribution in [0.4, 0.5) is 0 Å². The van der Waals surface area contributed by atoms with Gasteiger partial charge in [-0.2, -0.15) is 0 Å². The first kappa shape index (κ1) is 33.5. The van der Waals surface area contributed by atoms with E-state index in [2.05, 4.69) is 206 Å². The molecule has 0 aliphatic heterocycles. The molecule has 0 aliphatic carbocycles. The molecule has 264 valence electrons. The first-order chi connectivity index (χ1) is 27.8. The molecule has 0 N–H and O–H groups in total. The lowest BCUT2D eigenvalue weighted by Crippen LogP contribution is -1.92. The summed E-state index contributed by atoms with van der Waals surface area (Å²) < 4.78 is 0. The van der Waals surface area contributed by atoms with Crippen LogP contribution in [0.3, 0.4) is 0 Å². The van der Waals surface area contributed by atoms with Crippen LogP contribution < -0.4 is 0 Å². The van der Waals surface area contributed by atoms with Gasteiger partial charge in [-0.25, -0.2) is 0 Å². The molecule has 11 aromatic rings. The molecule has 0 aliphatic rings. The SMILES string of the molecule is CC.c1ccc2cc(-c3c4ccccc4c(-c4ccc(-c5c6ccccc6c(-c6ccc7ccccc7c6)c6ccccc56)cc4)c4ccccc34)ccc2c1. The Hall–Kier alpha value is -7.02. The number of hydrogen-bond donors (Lipinski definition) is 0. The van der Waals surface area contributed by atoms with Crippen LogP contribution in [0.2, 0.25) is 0 Å². The number of rotatable bonds is 4. The molecular formula is C56H40. The van der Waals surface area contributed by atoms with Gasteiger partial charge in [0.15, 0.2) is 0 Å². The molecule has 0 radical (unpaired) electrons. The van der Waals surface area contributed by atoms with Crippen LogP contribution in [0.1, 0.15) is 13.8 Å². The molecule has 0 unspecified atom stereocenters. The quantitative estimate of drug-likeness (QED) is 0.159. The van der Waals surface area contributed by atoms with Gasteiger partial charge < -0.3 is 0 Å². The fourth-order valence-electron chi connectivity index (χ4n) is 8.99. The Morgan fingerprint density at radius 1 is 0.196 bits per heavy atom. The molecule has 0 atom stereocenters. The van der Waals surface area contributed by atoms with Gasteiger partial charge in [0.1, 0.15) is 0 Å². The highest BCUT2D eigenvalue weighted by Crippen LogP contribution is 2.47. The molecule has 11 rings (SSSR count). The molecule has 0 heteroatoms. The van der Waals surface area contributed by atoms with Gasteiger partial charge in [0.25, 0.3) is 0 Å². The minimum absolute atomic E-state index is 1.22. The van der Waals surface area contributed by atoms with Gasteiger partial charge in [-0.15, -0.1) is 0 Å². The van der Waals surface area contributed by atoms with Crippen molar-refractivity contribution in [2.24, 2.45) is 0 Å². The van der Waals surface area contributed by atoms with Crippen molar-refractivity contribution in [2.45, 2.75) is 13.8 Å². The Bertz CT molecular complexity index is 2920. The van der Waals surface area contributed by atoms with Gasteiger partial charge in [-0.3, -0.25) is 0 Å². The van der Waals surface area contributed by atoms with Crippen LogP contribution in [0.25, 0.3) is 109 Å². The van der Waals surface area contributed by atoms with Crippen molar-refractivity contribution in [1.29, 1.82) is 0 Å². The maximum Gasteiger partial charge on any atom is -0.00262 e. The van der Waals surface area contributed by atoms with Gasteiger partial charge in [0.05, 0.1) is 0 Å². The second-order valence-corrected chi connectivity index (χ2v) is 14.4. The average Bonchev–Trinajstić information content (AvgIpc) is 3.28. The Kier molecular flexibility index (Phi) is 8.38. The Morgan fingerprint density at radius 3 is 0.696 bits per heavy atom. The van der Waals surface area contributed by atoms with Crippen LogP contribution in [-0.2, 0) is 0 Å². The van der Waals surface area contributed by atoms with Crippen molar-refractivity contribution < 1.29 is 0 Å². The van der Waals surface area contributed by atoms with E-state index in [1.54, 1.807) is 0 Å². The summed E-state index contributed by atoms with van der Waals surface area (Å²) in [6.07, 6.45) is 0. The van der Waals surface area contributed by atoms with Gasteiger partial charge in [0, 0.05) is 0 Å². The minimum Gasteiger partial charge on any atom is -0.0683 e. The second kappa shape index (κ2) is 14.0. The highest BCUT2D eigenvalue weighted by molar-refractivity contribution is 6.23. The molecule has 0 spiro atoms. The Balaban J connectivity index is 0.00000189. The Labute approximate surface area is 327 Å². The van der Waals surface area contributed by atoms with E-state index in [1.165, 1.54) is 109 Å². The van der Waals surface area contributed by atoms with E-state index in [0.29, 0.717) is 0 Å². The highest BCUT2D eigenvalue weighted by Gasteiger charge is 2.19. The molecule has 0 saturated carbocycles. The van der Waals surface area contributed by atoms with E-state index < -0.39 is 0 Å². The Morgan fingerprint density at radius 2 is 0.411 bits per heavy atom. The second-order valence-electron chi connectivity index (χ2n) is 14.4. The van der Waals surface area contributed by atoms with Crippen molar-refractivity contribution in [3.05, 3.63) is 206 Å². The molecule has 0 aromatic heterocycles. The largest absolute Gasteiger partial charge is 0.0683 e. The lowest BCUT2D eigenvalue weighted by atomic mass is 9.84. The predicted molar refractivity (Wildman–Crippen MR) is 245 cm³/mol. The summed E-state index contributed by atoms with van der Waals surface area (Å²) in [5, 5.41) is 15.2. The van der Waals surface area contributed by atoms with Crippen LogP contribution in [0, 0.1) is 0 Å². The van der Waals surface area contributed by atoms with E-state index in [4.69, 9.17) is 0 Å². The van der Waals surface area contributed by atoms with Crippen LogP contribution in [0.15, 0.2) is 206 Å². The third-order valence-electron chi connectivity index (χ3n) is 11.4. The van der Waals surface area contributed by atoms with Crippen LogP contribution in [0.5, 0.6) is 0 Å². The summed E-state index contributed by atoms with van der Waals surface area (Å²) in [5.41, 5.74) is 10.1. The number of hydrogen-bond acceptors (Lipinski definition) is 0. The molecule has 56 heavy (non-hydrogen) atoms. The normalized spacial score (nSPS) is 11.4. The zero-order valence-corrected chi connectivity index (χ0v) is 31.6. The zero-order chi connectivity index (χ0) is 37.6. The van der Waals surface area contributed by atoms with Crippen LogP contribution in [-0.4, -0.2) is 0 Å². The monoisotopic (exact) mass is 712 g/mol. The average molecular weight is 713 g/mol. The van der Waals surface area contributed by atoms with E-state index >= 15 is 0 Å². The van der Waals surface area contributed by atoms with Crippen LogP contribution >= 0.6 is 0 Å². The fraction of sp³-hybridized carbons (Fsp3) is 0.0357. The van der Waals surface area contributed by atoms with E-state index in [0.717, 1.165) is 0 Å². The highest BCUT2D eigenvalue weighted by atomic mass is 14.2. The molecule has 0 nitrogen and oxygen atoms in total. The van der Waals surface area contributed by atoms with Gasteiger partial charge >= 0.3 is 0 Å². The molecule has 0 amide bonds. The summed E-state index contributed by atoms with van der Waals surface area (Å²) in [5.74, 6) is 0. The minimum atomic E-state index is 1.22. The smallest absolute Gasteiger partial charge is 0.00262 e. The molecule has 0 fully saturated rings. The van der Waals surface area contributed by atoms with Crippen molar-refractivity contribution in [3.8, 4) is 44.5 Å². The zero-order valence-electron chi connectivity index (χ0n) is 31.6. The lowest BCUT2D eigenvalue weighted by molar-refractivity contribution is 1.50. The standard InChI is InChI=1S/C54H34.C2H6/c1-3-15-39-33-41(31-25-35(39)13-1)53-47-21-9-5-17-43(47)51(44-18-6-10-22-48(44)53)37-27-29-38(30-28-37)52-45-19-7-11-23-49(45)54(50-24-12-8-20-46(50)52)42-32-26-36-14-2-4-16-40(36)34-42;1-2/h1-34H;1-2H3. The molecular weight excluding hydrogens is 673 g/mol. The third-order valence-corrected chi connectivity index (χ3v) is 11.4. The molecule has 0 bridgehead atoms. The topological polar surface area (TPSA) is 0 Å². The summed E-state index contributed by atoms with van der Waals surface area (Å²) in [6.45, 7) is 4.00.